The van der Waals surface area contributed by atoms with Gasteiger partial charge in [0.05, 0.1) is 12.2 Å². The van der Waals surface area contributed by atoms with Crippen LogP contribution in [0.5, 0.6) is 11.5 Å². The maximum atomic E-state index is 12.1. The van der Waals surface area contributed by atoms with Crippen LogP contribution in [0.15, 0.2) is 41.1 Å². The summed E-state index contributed by atoms with van der Waals surface area (Å²) in [5.74, 6) is -4.53. The number of nitrogens with zero attached hydrogens (tertiary/aromatic N) is 2. The molecular weight excluding hydrogens is 572 g/mol. The fourth-order valence-electron chi connectivity index (χ4n) is 5.05. The summed E-state index contributed by atoms with van der Waals surface area (Å²) in [7, 11) is 0. The molecule has 4 rings (SSSR count). The van der Waals surface area contributed by atoms with Gasteiger partial charge in [-0.25, -0.2) is 14.4 Å². The summed E-state index contributed by atoms with van der Waals surface area (Å²) in [6, 6.07) is 0.160. The van der Waals surface area contributed by atoms with Crippen molar-refractivity contribution in [2.45, 2.75) is 82.0 Å². The smallest absolute Gasteiger partial charge is 0.354 e. The number of carboxylic acids is 3. The fraction of sp³-hybridized carbons (Fsp3) is 0.500. The maximum Gasteiger partial charge on any atom is 0.354 e. The number of carbonyl (C=O) groups is 3. The molecule has 15 heteroatoms. The number of carboxylic acid groups (broad SMARTS) is 3. The molecule has 1 saturated heterocycles. The average molecular weight is 607 g/mol. The average Bonchev–Trinajstić information content (AvgIpc) is 3.28. The van der Waals surface area contributed by atoms with E-state index in [0.29, 0.717) is 5.56 Å². The Morgan fingerprint density at radius 3 is 2.37 bits per heavy atom. The molecule has 0 amide bonds. The van der Waals surface area contributed by atoms with Gasteiger partial charge in [-0.3, -0.25) is 4.99 Å². The highest BCUT2D eigenvalue weighted by atomic mass is 16.7. The van der Waals surface area contributed by atoms with Gasteiger partial charge in [-0.1, -0.05) is 0 Å². The van der Waals surface area contributed by atoms with E-state index >= 15 is 0 Å². The number of allylic oxidation sites excluding steroid dienone is 1. The lowest BCUT2D eigenvalue weighted by atomic mass is 9.97. The zero-order valence-corrected chi connectivity index (χ0v) is 23.5. The summed E-state index contributed by atoms with van der Waals surface area (Å²) in [4.78, 5) is 40.0. The van der Waals surface area contributed by atoms with Crippen molar-refractivity contribution < 1.29 is 64.3 Å². The van der Waals surface area contributed by atoms with Crippen LogP contribution in [0.1, 0.15) is 32.8 Å². The van der Waals surface area contributed by atoms with E-state index in [1.807, 2.05) is 0 Å². The minimum Gasteiger partial charge on any atom is -0.504 e. The van der Waals surface area contributed by atoms with E-state index in [-0.39, 0.29) is 29.9 Å². The highest BCUT2D eigenvalue weighted by molar-refractivity contribution is 6.41. The summed E-state index contributed by atoms with van der Waals surface area (Å²) >= 11 is 0. The molecule has 0 bridgehead atoms. The third-order valence-electron chi connectivity index (χ3n) is 7.03. The lowest BCUT2D eigenvalue weighted by molar-refractivity contribution is -0.298. The molecule has 0 aromatic heterocycles. The van der Waals surface area contributed by atoms with Crippen molar-refractivity contribution >= 4 is 29.3 Å². The molecule has 3 aliphatic rings. The van der Waals surface area contributed by atoms with Crippen LogP contribution in [0.3, 0.4) is 0 Å². The van der Waals surface area contributed by atoms with Crippen LogP contribution in [0.25, 0.3) is 0 Å². The number of anilines is 1. The molecule has 1 fully saturated rings. The number of benzene rings is 1. The first kappa shape index (κ1) is 31.9. The Bertz CT molecular complexity index is 1360. The Kier molecular flexibility index (Phi) is 9.13. The number of rotatable bonds is 9. The van der Waals surface area contributed by atoms with E-state index in [2.05, 4.69) is 4.99 Å². The van der Waals surface area contributed by atoms with Gasteiger partial charge in [0.1, 0.15) is 36.2 Å². The van der Waals surface area contributed by atoms with Gasteiger partial charge in [0.15, 0.2) is 17.5 Å². The molecule has 0 saturated carbocycles. The normalized spacial score (nSPS) is 29.2. The van der Waals surface area contributed by atoms with Gasteiger partial charge in [0, 0.05) is 30.8 Å². The minimum atomic E-state index is -1.53. The first-order valence-corrected chi connectivity index (χ1v) is 13.4. The number of phenolic OH excluding ortho intramolecular Hbond substituents is 1. The number of dihydropyridines is 1. The van der Waals surface area contributed by atoms with Crippen LogP contribution in [-0.2, 0) is 30.3 Å². The van der Waals surface area contributed by atoms with E-state index < -0.39 is 84.4 Å². The number of hydrogen-bond donors (Lipinski definition) is 7. The second-order valence-electron chi connectivity index (χ2n) is 11.3. The van der Waals surface area contributed by atoms with Crippen LogP contribution in [-0.4, -0.2) is 114 Å². The summed E-state index contributed by atoms with van der Waals surface area (Å²) in [5.41, 5.74) is -0.220. The quantitative estimate of drug-likeness (QED) is 0.196. The van der Waals surface area contributed by atoms with E-state index in [0.717, 1.165) is 0 Å². The van der Waals surface area contributed by atoms with Gasteiger partial charge in [-0.05, 0) is 50.1 Å². The molecule has 43 heavy (non-hydrogen) atoms. The number of fused-ring (bicyclic) bond motifs is 1. The Balaban J connectivity index is 1.61. The summed E-state index contributed by atoms with van der Waals surface area (Å²) in [5, 5.41) is 70.5. The third kappa shape index (κ3) is 6.97. The van der Waals surface area contributed by atoms with Crippen molar-refractivity contribution in [3.63, 3.8) is 0 Å². The first-order chi connectivity index (χ1) is 20.1. The highest BCUT2D eigenvalue weighted by Gasteiger charge is 2.48. The van der Waals surface area contributed by atoms with E-state index in [4.69, 9.17) is 14.2 Å². The molecule has 234 valence electrons. The molecule has 1 aromatic rings. The summed E-state index contributed by atoms with van der Waals surface area (Å²) in [6.45, 7) is 4.53. The largest absolute Gasteiger partial charge is 0.504 e. The van der Waals surface area contributed by atoms with Gasteiger partial charge in [0.25, 0.3) is 0 Å². The molecule has 3 heterocycles. The molecule has 1 aromatic carbocycles. The van der Waals surface area contributed by atoms with Crippen LogP contribution < -0.4 is 9.64 Å². The summed E-state index contributed by atoms with van der Waals surface area (Å²) < 4.78 is 17.1. The summed E-state index contributed by atoms with van der Waals surface area (Å²) in [6.07, 6.45) is -2.98. The zero-order chi connectivity index (χ0) is 31.8. The second-order valence-corrected chi connectivity index (χ2v) is 11.3. The van der Waals surface area contributed by atoms with Gasteiger partial charge < -0.3 is 54.9 Å². The molecule has 0 aliphatic carbocycles. The fourth-order valence-corrected chi connectivity index (χ4v) is 5.05. The molecule has 15 nitrogen and oxygen atoms in total. The van der Waals surface area contributed by atoms with E-state index in [1.165, 1.54) is 35.4 Å². The standard InChI is InChI=1S/C28H34N2O13/c1-28(2,3)43-23-21(33)20(11-31)42-27(22(23)34)41-19-9-13-8-17(26(39)40)30(16(13)10-18(19)32)5-4-12-6-14(24(35)36)29-15(7-12)25(37)38/h4-6,9-10,15,17,20-23,27,31-34H,7-8,11H2,1-3H3,(H,35,36)(H,37,38)(H,39,40)/b5-4+/t15-,17-,20+,21+,22+,23-,27+/m0/s1. The lowest BCUT2D eigenvalue weighted by Crippen LogP contribution is -2.62. The molecule has 0 radical (unpaired) electrons. The van der Waals surface area contributed by atoms with E-state index in [9.17, 15) is 50.1 Å². The number of aliphatic hydroxyl groups excluding tert-OH is 3. The third-order valence-corrected chi connectivity index (χ3v) is 7.03. The van der Waals surface area contributed by atoms with Crippen LogP contribution in [0.2, 0.25) is 0 Å². The number of aliphatic carboxylic acids is 3. The number of hydrogen-bond acceptors (Lipinski definition) is 12. The van der Waals surface area contributed by atoms with Crippen molar-refractivity contribution in [2.24, 2.45) is 4.99 Å². The SMILES string of the molecule is CC(C)(C)O[C@@H]1[C@@H](O)[C@H](Oc2cc3c(cc2O)N(/C=C/C2=CC(C(=O)O)=N[C@H](C(=O)O)C2)[C@H](C(=O)O)C3)O[C@H](CO)[C@H]1O. The number of ether oxygens (including phenoxy) is 3. The van der Waals surface area contributed by atoms with Gasteiger partial charge in [0.2, 0.25) is 6.29 Å². The zero-order valence-electron chi connectivity index (χ0n) is 23.5. The van der Waals surface area contributed by atoms with Crippen LogP contribution in [0, 0.1) is 0 Å². The van der Waals surface area contributed by atoms with Gasteiger partial charge in [-0.2, -0.15) is 0 Å². The Labute approximate surface area is 245 Å². The minimum absolute atomic E-state index is 0.0356. The predicted octanol–water partition coefficient (Wildman–Crippen LogP) is 0.0320. The van der Waals surface area contributed by atoms with Crippen LogP contribution >= 0.6 is 0 Å². The highest BCUT2D eigenvalue weighted by Crippen LogP contribution is 2.42. The molecule has 7 N–H and O–H groups in total. The van der Waals surface area contributed by atoms with Crippen molar-refractivity contribution in [3.05, 3.63) is 41.6 Å². The number of phenols is 1. The van der Waals surface area contributed by atoms with Crippen LogP contribution in [0.4, 0.5) is 5.69 Å². The van der Waals surface area contributed by atoms with Gasteiger partial charge >= 0.3 is 17.9 Å². The Hall–Kier alpha value is -4.02. The van der Waals surface area contributed by atoms with Crippen molar-refractivity contribution in [1.29, 1.82) is 0 Å². The monoisotopic (exact) mass is 606 g/mol. The molecule has 0 unspecified atom stereocenters. The number of aliphatic imine (C=N–C) groups is 1. The Morgan fingerprint density at radius 1 is 1.09 bits per heavy atom. The van der Waals surface area contributed by atoms with Gasteiger partial charge in [-0.15, -0.1) is 0 Å². The topological polar surface area (TPSA) is 236 Å². The maximum absolute atomic E-state index is 12.1. The van der Waals surface area contributed by atoms with Crippen molar-refractivity contribution in [1.82, 2.24) is 0 Å². The Morgan fingerprint density at radius 2 is 1.79 bits per heavy atom. The molecular formula is C28H34N2O13. The molecule has 0 spiro atoms. The van der Waals surface area contributed by atoms with E-state index in [1.54, 1.807) is 20.8 Å². The van der Waals surface area contributed by atoms with Crippen molar-refractivity contribution in [2.75, 3.05) is 11.5 Å². The van der Waals surface area contributed by atoms with Crippen molar-refractivity contribution in [3.8, 4) is 11.5 Å². The second kappa shape index (κ2) is 12.3. The lowest BCUT2D eigenvalue weighted by Gasteiger charge is -2.43. The first-order valence-electron chi connectivity index (χ1n) is 13.4. The number of aromatic hydroxyl groups is 1. The molecule has 7 atom stereocenters. The molecule has 3 aliphatic heterocycles. The predicted molar refractivity (Wildman–Crippen MR) is 147 cm³/mol. The number of aliphatic hydroxyl groups is 3.